The first-order valence-electron chi connectivity index (χ1n) is 17.7. The van der Waals surface area contributed by atoms with Gasteiger partial charge in [0.05, 0.1) is 27.6 Å². The summed E-state index contributed by atoms with van der Waals surface area (Å²) < 4.78 is 22.9. The van der Waals surface area contributed by atoms with Gasteiger partial charge in [0.1, 0.15) is 11.4 Å². The van der Waals surface area contributed by atoms with E-state index in [0.717, 1.165) is 12.8 Å². The van der Waals surface area contributed by atoms with Crippen molar-refractivity contribution in [2.24, 2.45) is 25.6 Å². The third-order valence-corrected chi connectivity index (χ3v) is 9.30. The van der Waals surface area contributed by atoms with E-state index < -0.39 is 10.0 Å². The Balaban J connectivity index is 1.33. The molecule has 0 bridgehead atoms. The van der Waals surface area contributed by atoms with Gasteiger partial charge in [-0.15, -0.1) is 10.2 Å². The lowest BCUT2D eigenvalue weighted by Crippen LogP contribution is -2.24. The standard InChI is InChI=1S/C37H54N8O3S/c1-2-3-4-5-6-7-8-9-10-11-12-13-14-15-16-17-28-41-37(46)29-18-20-30(21-19-29)43-45-36-33(38)26-27-34(35(36)39)44-42-31-22-24-32(25-23-31)49(40,47)48/h18-27H,2-17,28,38-39H2,1H3,(H,41,46)(H2,40,47,48). The predicted octanol–water partition coefficient (Wildman–Crippen LogP) is 10.3. The Labute approximate surface area is 292 Å². The van der Waals surface area contributed by atoms with Crippen LogP contribution in [-0.4, -0.2) is 20.9 Å². The zero-order chi connectivity index (χ0) is 35.3. The summed E-state index contributed by atoms with van der Waals surface area (Å²) in [5, 5.41) is 24.8. The Morgan fingerprint density at radius 1 is 0.612 bits per heavy atom. The van der Waals surface area contributed by atoms with Gasteiger partial charge in [-0.05, 0) is 67.1 Å². The number of hydrogen-bond donors (Lipinski definition) is 4. The van der Waals surface area contributed by atoms with Gasteiger partial charge in [-0.1, -0.05) is 103 Å². The molecule has 0 aliphatic carbocycles. The molecule has 7 N–H and O–H groups in total. The second-order valence-electron chi connectivity index (χ2n) is 12.5. The molecule has 49 heavy (non-hydrogen) atoms. The molecule has 0 fully saturated rings. The van der Waals surface area contributed by atoms with Crippen LogP contribution in [0.3, 0.4) is 0 Å². The van der Waals surface area contributed by atoms with E-state index >= 15 is 0 Å². The topological polar surface area (TPSA) is 191 Å². The highest BCUT2D eigenvalue weighted by Gasteiger charge is 2.10. The molecule has 266 valence electrons. The molecule has 12 heteroatoms. The van der Waals surface area contributed by atoms with Crippen molar-refractivity contribution in [3.63, 3.8) is 0 Å². The maximum Gasteiger partial charge on any atom is 0.251 e. The summed E-state index contributed by atoms with van der Waals surface area (Å²) in [5.74, 6) is -0.115. The van der Waals surface area contributed by atoms with Crippen LogP contribution in [0.15, 0.2) is 86.0 Å². The number of nitrogens with one attached hydrogen (secondary N) is 1. The van der Waals surface area contributed by atoms with Crippen molar-refractivity contribution in [2.45, 2.75) is 115 Å². The number of rotatable bonds is 23. The first-order valence-corrected chi connectivity index (χ1v) is 19.3. The summed E-state index contributed by atoms with van der Waals surface area (Å²) in [6.45, 7) is 2.93. The Hall–Kier alpha value is -4.16. The normalized spacial score (nSPS) is 11.9. The van der Waals surface area contributed by atoms with Crippen molar-refractivity contribution < 1.29 is 13.2 Å². The maximum atomic E-state index is 12.6. The van der Waals surface area contributed by atoms with E-state index in [9.17, 15) is 13.2 Å². The molecule has 11 nitrogen and oxygen atoms in total. The lowest BCUT2D eigenvalue weighted by molar-refractivity contribution is 0.0953. The zero-order valence-corrected chi connectivity index (χ0v) is 29.8. The van der Waals surface area contributed by atoms with Gasteiger partial charge in [0.2, 0.25) is 10.0 Å². The number of unbranched alkanes of at least 4 members (excludes halogenated alkanes) is 15. The molecule has 3 aromatic carbocycles. The van der Waals surface area contributed by atoms with Crippen molar-refractivity contribution in [2.75, 3.05) is 18.0 Å². The number of sulfonamides is 1. The number of nitrogens with two attached hydrogens (primary N) is 3. The highest BCUT2D eigenvalue weighted by atomic mass is 32.2. The van der Waals surface area contributed by atoms with Crippen molar-refractivity contribution in [1.29, 1.82) is 0 Å². The molecule has 0 aliphatic rings. The summed E-state index contributed by atoms with van der Waals surface area (Å²) in [6.07, 6.45) is 21.1. The molecule has 0 aromatic heterocycles. The van der Waals surface area contributed by atoms with Crippen LogP contribution in [-0.2, 0) is 10.0 Å². The Morgan fingerprint density at radius 2 is 1.08 bits per heavy atom. The van der Waals surface area contributed by atoms with Crippen molar-refractivity contribution in [1.82, 2.24) is 5.32 Å². The van der Waals surface area contributed by atoms with Gasteiger partial charge in [0, 0.05) is 12.1 Å². The van der Waals surface area contributed by atoms with Crippen molar-refractivity contribution >= 4 is 50.1 Å². The van der Waals surface area contributed by atoms with Crippen LogP contribution < -0.4 is 21.9 Å². The molecular formula is C37H54N8O3S. The zero-order valence-electron chi connectivity index (χ0n) is 28.9. The van der Waals surface area contributed by atoms with Crippen LogP contribution in [0.2, 0.25) is 0 Å². The molecule has 0 unspecified atom stereocenters. The molecule has 1 amide bonds. The number of hydrogen-bond acceptors (Lipinski definition) is 9. The van der Waals surface area contributed by atoms with Gasteiger partial charge in [0.15, 0.2) is 0 Å². The molecule has 0 radical (unpaired) electrons. The summed E-state index contributed by atoms with van der Waals surface area (Å²) >= 11 is 0. The fraction of sp³-hybridized carbons (Fsp3) is 0.486. The average Bonchev–Trinajstić information content (AvgIpc) is 3.09. The highest BCUT2D eigenvalue weighted by Crippen LogP contribution is 2.38. The Bertz CT molecular complexity index is 1590. The smallest absolute Gasteiger partial charge is 0.251 e. The second-order valence-corrected chi connectivity index (χ2v) is 14.0. The molecule has 3 rings (SSSR count). The van der Waals surface area contributed by atoms with Gasteiger partial charge < -0.3 is 16.8 Å². The van der Waals surface area contributed by atoms with E-state index in [-0.39, 0.29) is 22.2 Å². The van der Waals surface area contributed by atoms with Crippen molar-refractivity contribution in [3.05, 3.63) is 66.2 Å². The largest absolute Gasteiger partial charge is 0.397 e. The predicted molar refractivity (Wildman–Crippen MR) is 200 cm³/mol. The first-order chi connectivity index (χ1) is 23.7. The van der Waals surface area contributed by atoms with E-state index in [1.807, 2.05) is 0 Å². The summed E-state index contributed by atoms with van der Waals surface area (Å²) in [6, 6.07) is 15.6. The number of benzene rings is 3. The number of carbonyl (C=O) groups is 1. The third-order valence-electron chi connectivity index (χ3n) is 8.37. The van der Waals surface area contributed by atoms with E-state index in [0.29, 0.717) is 34.9 Å². The van der Waals surface area contributed by atoms with Crippen LogP contribution in [0.4, 0.5) is 34.1 Å². The molecule has 0 saturated carbocycles. The molecule has 0 spiro atoms. The monoisotopic (exact) mass is 690 g/mol. The first kappa shape index (κ1) is 39.3. The van der Waals surface area contributed by atoms with Crippen LogP contribution in [0.1, 0.15) is 120 Å². The minimum atomic E-state index is -3.80. The number of carbonyl (C=O) groups excluding carboxylic acids is 1. The molecular weight excluding hydrogens is 637 g/mol. The minimum absolute atomic E-state index is 0.0274. The Morgan fingerprint density at radius 3 is 1.59 bits per heavy atom. The summed E-state index contributed by atoms with van der Waals surface area (Å²) in [7, 11) is -3.80. The van der Waals surface area contributed by atoms with E-state index in [4.69, 9.17) is 16.6 Å². The molecule has 0 heterocycles. The van der Waals surface area contributed by atoms with Gasteiger partial charge in [0.25, 0.3) is 5.91 Å². The molecule has 0 atom stereocenters. The summed E-state index contributed by atoms with van der Waals surface area (Å²) in [4.78, 5) is 12.6. The third kappa shape index (κ3) is 14.9. The SMILES string of the molecule is CCCCCCCCCCCCCCCCCCNC(=O)c1ccc(N=Nc2c(N)ccc(N=Nc3ccc(S(N)(=O)=O)cc3)c2N)cc1. The van der Waals surface area contributed by atoms with Crippen LogP contribution >= 0.6 is 0 Å². The quantitative estimate of drug-likeness (QED) is 0.0436. The molecule has 0 aliphatic heterocycles. The number of nitrogen functional groups attached to an aromatic ring is 2. The molecule has 3 aromatic rings. The Kier molecular flexibility index (Phi) is 17.4. The van der Waals surface area contributed by atoms with Crippen LogP contribution in [0.25, 0.3) is 0 Å². The lowest BCUT2D eigenvalue weighted by Gasteiger charge is -2.07. The maximum absolute atomic E-state index is 12.6. The van der Waals surface area contributed by atoms with E-state index in [1.54, 1.807) is 36.4 Å². The van der Waals surface area contributed by atoms with Crippen LogP contribution in [0, 0.1) is 0 Å². The number of anilines is 2. The van der Waals surface area contributed by atoms with E-state index in [1.165, 1.54) is 114 Å². The lowest BCUT2D eigenvalue weighted by atomic mass is 10.0. The van der Waals surface area contributed by atoms with E-state index in [2.05, 4.69) is 32.7 Å². The number of nitrogens with zero attached hydrogens (tertiary/aromatic N) is 4. The second kappa shape index (κ2) is 21.7. The fourth-order valence-corrected chi connectivity index (χ4v) is 5.91. The fourth-order valence-electron chi connectivity index (χ4n) is 5.39. The number of amides is 1. The summed E-state index contributed by atoms with van der Waals surface area (Å²) in [5.41, 5.74) is 14.9. The van der Waals surface area contributed by atoms with Gasteiger partial charge in [-0.3, -0.25) is 4.79 Å². The number of azo groups is 2. The van der Waals surface area contributed by atoms with Crippen LogP contribution in [0.5, 0.6) is 0 Å². The highest BCUT2D eigenvalue weighted by molar-refractivity contribution is 7.89. The number of primary sulfonamides is 1. The molecule has 0 saturated heterocycles. The van der Waals surface area contributed by atoms with Crippen molar-refractivity contribution in [3.8, 4) is 0 Å². The van der Waals surface area contributed by atoms with Gasteiger partial charge in [-0.25, -0.2) is 13.6 Å². The average molecular weight is 691 g/mol. The minimum Gasteiger partial charge on any atom is -0.397 e. The van der Waals surface area contributed by atoms with Gasteiger partial charge >= 0.3 is 0 Å². The van der Waals surface area contributed by atoms with Gasteiger partial charge in [-0.2, -0.15) is 10.2 Å².